The second-order valence-electron chi connectivity index (χ2n) is 17.7. The van der Waals surface area contributed by atoms with E-state index in [1.54, 1.807) is 0 Å². The Morgan fingerprint density at radius 3 is 1.31 bits per heavy atom. The van der Waals surface area contributed by atoms with Gasteiger partial charge in [-0.15, -0.1) is 0 Å². The van der Waals surface area contributed by atoms with Gasteiger partial charge in [0.1, 0.15) is 11.2 Å². The third-order valence-electron chi connectivity index (χ3n) is 13.5. The van der Waals surface area contributed by atoms with Gasteiger partial charge in [-0.3, -0.25) is 0 Å². The lowest BCUT2D eigenvalue weighted by Crippen LogP contribution is -2.16. The highest BCUT2D eigenvalue weighted by Crippen LogP contribution is 2.52. The minimum Gasteiger partial charge on any atom is -0.456 e. The van der Waals surface area contributed by atoms with E-state index in [-0.39, 0.29) is 5.41 Å². The summed E-state index contributed by atoms with van der Waals surface area (Å²) < 4.78 is 6.21. The van der Waals surface area contributed by atoms with E-state index in [0.29, 0.717) is 0 Å². The van der Waals surface area contributed by atoms with Crippen molar-refractivity contribution >= 4 is 39.0 Å². The Kier molecular flexibility index (Phi) is 9.21. The monoisotopic (exact) mass is 831 g/mol. The summed E-state index contributed by atoms with van der Waals surface area (Å²) in [5.41, 5.74) is 22.2. The van der Waals surface area contributed by atoms with E-state index >= 15 is 0 Å². The van der Waals surface area contributed by atoms with E-state index in [9.17, 15) is 0 Å². The molecule has 308 valence electrons. The van der Waals surface area contributed by atoms with Gasteiger partial charge in [0.15, 0.2) is 0 Å². The first-order valence-electron chi connectivity index (χ1n) is 22.5. The van der Waals surface area contributed by atoms with Crippen LogP contribution in [0.1, 0.15) is 25.0 Å². The van der Waals surface area contributed by atoms with E-state index in [4.69, 9.17) is 4.42 Å². The molecule has 0 radical (unpaired) electrons. The van der Waals surface area contributed by atoms with Gasteiger partial charge in [-0.05, 0) is 145 Å². The smallest absolute Gasteiger partial charge is 0.136 e. The molecule has 10 aromatic carbocycles. The Hall–Kier alpha value is -8.20. The van der Waals surface area contributed by atoms with Crippen molar-refractivity contribution in [2.45, 2.75) is 19.3 Å². The van der Waals surface area contributed by atoms with Gasteiger partial charge in [0.2, 0.25) is 0 Å². The lowest BCUT2D eigenvalue weighted by atomic mass is 9.81. The van der Waals surface area contributed by atoms with Crippen LogP contribution in [0.3, 0.4) is 0 Å². The summed E-state index contributed by atoms with van der Waals surface area (Å²) in [5.74, 6) is 0. The first kappa shape index (κ1) is 38.5. The third kappa shape index (κ3) is 6.83. The van der Waals surface area contributed by atoms with Crippen LogP contribution in [0.15, 0.2) is 241 Å². The number of anilines is 3. The Morgan fingerprint density at radius 1 is 0.292 bits per heavy atom. The first-order chi connectivity index (χ1) is 31.9. The van der Waals surface area contributed by atoms with Gasteiger partial charge < -0.3 is 9.32 Å². The van der Waals surface area contributed by atoms with Crippen molar-refractivity contribution in [1.82, 2.24) is 0 Å². The molecule has 0 N–H and O–H groups in total. The average molecular weight is 832 g/mol. The van der Waals surface area contributed by atoms with Crippen molar-refractivity contribution in [3.8, 4) is 66.8 Å². The molecule has 0 aliphatic heterocycles. The fourth-order valence-corrected chi connectivity index (χ4v) is 10.00. The quantitative estimate of drug-likeness (QED) is 0.152. The summed E-state index contributed by atoms with van der Waals surface area (Å²) in [6.45, 7) is 4.74. The van der Waals surface area contributed by atoms with Crippen molar-refractivity contribution in [3.05, 3.63) is 248 Å². The van der Waals surface area contributed by atoms with Gasteiger partial charge >= 0.3 is 0 Å². The van der Waals surface area contributed by atoms with Crippen LogP contribution in [0.25, 0.3) is 88.7 Å². The van der Waals surface area contributed by atoms with Crippen LogP contribution in [0.4, 0.5) is 17.1 Å². The molecule has 0 saturated heterocycles. The molecule has 1 heterocycles. The Morgan fingerprint density at radius 2 is 0.692 bits per heavy atom. The SMILES string of the molecule is CC1(C)c2cc(-c3ccccc3)ccc2-c2ccc(N(c3ccc(-c4ccc(-c5ccc6c(c5)oc5ccccc56)cc4)cc3)c3ccc(-c4cccc(-c5ccccc5)c4)cc3)cc21. The number of hydrogen-bond donors (Lipinski definition) is 0. The molecule has 1 aliphatic rings. The lowest BCUT2D eigenvalue weighted by molar-refractivity contribution is 0.660. The van der Waals surface area contributed by atoms with Gasteiger partial charge in [-0.25, -0.2) is 0 Å². The van der Waals surface area contributed by atoms with Gasteiger partial charge in [0, 0.05) is 33.2 Å². The average Bonchev–Trinajstić information content (AvgIpc) is 3.85. The number of rotatable bonds is 8. The molecular weight excluding hydrogens is 787 g/mol. The fraction of sp³-hybridized carbons (Fsp3) is 0.0476. The molecule has 2 heteroatoms. The fourth-order valence-electron chi connectivity index (χ4n) is 10.00. The molecule has 0 bridgehead atoms. The summed E-state index contributed by atoms with van der Waals surface area (Å²) in [6, 6.07) is 85.9. The molecule has 0 unspecified atom stereocenters. The van der Waals surface area contributed by atoms with Crippen molar-refractivity contribution in [1.29, 1.82) is 0 Å². The van der Waals surface area contributed by atoms with E-state index in [2.05, 4.69) is 243 Å². The lowest BCUT2D eigenvalue weighted by Gasteiger charge is -2.28. The highest BCUT2D eigenvalue weighted by Gasteiger charge is 2.36. The summed E-state index contributed by atoms with van der Waals surface area (Å²) >= 11 is 0. The van der Waals surface area contributed by atoms with Crippen LogP contribution in [0, 0.1) is 0 Å². The zero-order valence-corrected chi connectivity index (χ0v) is 36.4. The minimum atomic E-state index is -0.182. The van der Waals surface area contributed by atoms with Crippen molar-refractivity contribution in [2.24, 2.45) is 0 Å². The maximum Gasteiger partial charge on any atom is 0.136 e. The van der Waals surface area contributed by atoms with Crippen LogP contribution >= 0.6 is 0 Å². The highest BCUT2D eigenvalue weighted by atomic mass is 16.3. The van der Waals surface area contributed by atoms with Crippen molar-refractivity contribution in [3.63, 3.8) is 0 Å². The number of hydrogen-bond acceptors (Lipinski definition) is 2. The van der Waals surface area contributed by atoms with Crippen LogP contribution in [-0.2, 0) is 5.41 Å². The number of nitrogens with zero attached hydrogens (tertiary/aromatic N) is 1. The molecule has 12 rings (SSSR count). The maximum atomic E-state index is 6.21. The molecule has 0 fully saturated rings. The molecule has 0 spiro atoms. The zero-order valence-electron chi connectivity index (χ0n) is 36.4. The predicted molar refractivity (Wildman–Crippen MR) is 273 cm³/mol. The Labute approximate surface area is 380 Å². The van der Waals surface area contributed by atoms with E-state index in [0.717, 1.165) is 50.1 Å². The molecule has 1 aliphatic carbocycles. The molecule has 0 saturated carbocycles. The molecular formula is C63H45NO. The van der Waals surface area contributed by atoms with Crippen LogP contribution < -0.4 is 4.90 Å². The van der Waals surface area contributed by atoms with Gasteiger partial charge in [-0.1, -0.05) is 184 Å². The van der Waals surface area contributed by atoms with E-state index in [1.165, 1.54) is 66.8 Å². The van der Waals surface area contributed by atoms with Crippen molar-refractivity contribution < 1.29 is 4.42 Å². The number of fused-ring (bicyclic) bond motifs is 6. The molecule has 65 heavy (non-hydrogen) atoms. The van der Waals surface area contributed by atoms with E-state index < -0.39 is 0 Å². The molecule has 0 amide bonds. The third-order valence-corrected chi connectivity index (χ3v) is 13.5. The second-order valence-corrected chi connectivity index (χ2v) is 17.7. The van der Waals surface area contributed by atoms with Crippen molar-refractivity contribution in [2.75, 3.05) is 4.90 Å². The Bertz CT molecular complexity index is 3530. The van der Waals surface area contributed by atoms with Crippen LogP contribution in [0.5, 0.6) is 0 Å². The summed E-state index contributed by atoms with van der Waals surface area (Å²) in [7, 11) is 0. The second kappa shape index (κ2) is 15.6. The molecule has 0 atom stereocenters. The van der Waals surface area contributed by atoms with Crippen LogP contribution in [-0.4, -0.2) is 0 Å². The van der Waals surface area contributed by atoms with Gasteiger partial charge in [-0.2, -0.15) is 0 Å². The minimum absolute atomic E-state index is 0.182. The zero-order chi connectivity index (χ0) is 43.5. The number of furan rings is 1. The molecule has 1 aromatic heterocycles. The van der Waals surface area contributed by atoms with Gasteiger partial charge in [0.05, 0.1) is 0 Å². The maximum absolute atomic E-state index is 6.21. The Balaban J connectivity index is 0.892. The topological polar surface area (TPSA) is 16.4 Å². The molecule has 2 nitrogen and oxygen atoms in total. The summed E-state index contributed by atoms with van der Waals surface area (Å²) in [6.07, 6.45) is 0. The molecule has 11 aromatic rings. The first-order valence-corrected chi connectivity index (χ1v) is 22.5. The normalized spacial score (nSPS) is 12.6. The largest absolute Gasteiger partial charge is 0.456 e. The highest BCUT2D eigenvalue weighted by molar-refractivity contribution is 6.06. The number of benzene rings is 10. The standard InChI is InChI=1S/C63H45NO/c1-63(2)59-39-50(43-14-7-4-8-15-43)28-35-55(59)56-37-34-54(41-60(56)63)64(53-32-26-47(27-33-53)49-17-11-16-48(38-49)42-12-5-3-6-13-42)52-30-24-45(25-31-52)44-20-22-46(23-21-44)51-29-36-58-57-18-9-10-19-61(57)65-62(58)40-51/h3-41H,1-2H3. The predicted octanol–water partition coefficient (Wildman–Crippen LogP) is 17.7. The van der Waals surface area contributed by atoms with Gasteiger partial charge in [0.25, 0.3) is 0 Å². The van der Waals surface area contributed by atoms with E-state index in [1.807, 2.05) is 12.1 Å². The summed E-state index contributed by atoms with van der Waals surface area (Å²) in [4.78, 5) is 2.40. The summed E-state index contributed by atoms with van der Waals surface area (Å²) in [5, 5.41) is 2.29. The van der Waals surface area contributed by atoms with Crippen LogP contribution in [0.2, 0.25) is 0 Å². The number of para-hydroxylation sites is 1.